The second kappa shape index (κ2) is 7.67. The number of nitrogens with zero attached hydrogens (tertiary/aromatic N) is 5. The highest BCUT2D eigenvalue weighted by Gasteiger charge is 2.14. The van der Waals surface area contributed by atoms with E-state index >= 15 is 0 Å². The first-order chi connectivity index (χ1) is 14.0. The van der Waals surface area contributed by atoms with Crippen LogP contribution >= 0.6 is 0 Å². The van der Waals surface area contributed by atoms with Crippen molar-refractivity contribution in [2.45, 2.75) is 6.54 Å². The Morgan fingerprint density at radius 2 is 2.00 bits per heavy atom. The number of hydrogen-bond acceptors (Lipinski definition) is 5. The quantitative estimate of drug-likeness (QED) is 0.565. The van der Waals surface area contributed by atoms with E-state index in [0.717, 1.165) is 10.9 Å². The molecule has 146 valence electrons. The van der Waals surface area contributed by atoms with Crippen LogP contribution in [0.25, 0.3) is 10.9 Å². The zero-order valence-electron chi connectivity index (χ0n) is 16.0. The van der Waals surface area contributed by atoms with Gasteiger partial charge in [-0.1, -0.05) is 18.2 Å². The molecule has 0 atom stereocenters. The fourth-order valence-electron chi connectivity index (χ4n) is 3.01. The van der Waals surface area contributed by atoms with Gasteiger partial charge >= 0.3 is 0 Å². The monoisotopic (exact) mass is 390 g/mol. The van der Waals surface area contributed by atoms with E-state index in [-0.39, 0.29) is 11.7 Å². The van der Waals surface area contributed by atoms with Crippen LogP contribution in [0.15, 0.2) is 61.2 Å². The molecule has 1 aromatic carbocycles. The first kappa shape index (κ1) is 18.5. The fourth-order valence-corrected chi connectivity index (χ4v) is 3.01. The lowest BCUT2D eigenvalue weighted by molar-refractivity contribution is 0.0828. The van der Waals surface area contributed by atoms with Gasteiger partial charge in [-0.15, -0.1) is 0 Å². The lowest BCUT2D eigenvalue weighted by Crippen LogP contribution is -2.22. The van der Waals surface area contributed by atoms with Crippen LogP contribution in [0.2, 0.25) is 0 Å². The minimum absolute atomic E-state index is 0.138. The van der Waals surface area contributed by atoms with Gasteiger partial charge in [0, 0.05) is 43.5 Å². The second-order valence-electron chi connectivity index (χ2n) is 6.77. The van der Waals surface area contributed by atoms with Crippen molar-refractivity contribution in [3.8, 4) is 0 Å². The third-order valence-corrected chi connectivity index (χ3v) is 4.52. The Morgan fingerprint density at radius 1 is 1.17 bits per heavy atom. The van der Waals surface area contributed by atoms with Crippen LogP contribution < -0.4 is 5.32 Å². The molecule has 3 heterocycles. The Balaban J connectivity index is 1.67. The maximum absolute atomic E-state index is 14.0. The number of benzene rings is 1. The summed E-state index contributed by atoms with van der Waals surface area (Å²) in [4.78, 5) is 22.4. The van der Waals surface area contributed by atoms with Crippen LogP contribution in [0.4, 0.5) is 15.9 Å². The van der Waals surface area contributed by atoms with Crippen molar-refractivity contribution >= 4 is 28.3 Å². The number of nitrogens with one attached hydrogen (secondary N) is 1. The van der Waals surface area contributed by atoms with E-state index < -0.39 is 0 Å². The first-order valence-electron chi connectivity index (χ1n) is 9.00. The van der Waals surface area contributed by atoms with Crippen molar-refractivity contribution in [2.24, 2.45) is 0 Å². The van der Waals surface area contributed by atoms with E-state index in [4.69, 9.17) is 0 Å². The van der Waals surface area contributed by atoms with Gasteiger partial charge in [-0.2, -0.15) is 5.10 Å². The summed E-state index contributed by atoms with van der Waals surface area (Å²) < 4.78 is 15.7. The predicted molar refractivity (Wildman–Crippen MR) is 109 cm³/mol. The molecule has 0 saturated heterocycles. The van der Waals surface area contributed by atoms with E-state index in [0.29, 0.717) is 29.2 Å². The minimum Gasteiger partial charge on any atom is -0.345 e. The number of pyridine rings is 2. The highest BCUT2D eigenvalue weighted by Crippen LogP contribution is 2.23. The summed E-state index contributed by atoms with van der Waals surface area (Å²) in [7, 11) is 3.39. The lowest BCUT2D eigenvalue weighted by Gasteiger charge is -2.14. The molecule has 0 saturated carbocycles. The second-order valence-corrected chi connectivity index (χ2v) is 6.77. The summed E-state index contributed by atoms with van der Waals surface area (Å²) in [5.41, 5.74) is 2.40. The third kappa shape index (κ3) is 3.77. The van der Waals surface area contributed by atoms with Gasteiger partial charge in [0.05, 0.1) is 35.7 Å². The Morgan fingerprint density at radius 3 is 2.79 bits per heavy atom. The predicted octanol–water partition coefficient (Wildman–Crippen LogP) is 3.46. The molecule has 29 heavy (non-hydrogen) atoms. The standard InChI is InChI=1S/C21H19FN6O/c1-27(2)21(29)16-7-8-23-12-18(16)26-20-9-19-15(10-24-20)11-25-28(19)13-14-5-3-4-6-17(14)22/h3-12H,13H2,1-2H3,(H,24,26). The van der Waals surface area contributed by atoms with E-state index in [2.05, 4.69) is 20.4 Å². The van der Waals surface area contributed by atoms with Gasteiger partial charge in [-0.25, -0.2) is 9.37 Å². The van der Waals surface area contributed by atoms with Crippen LogP contribution in [0, 0.1) is 5.82 Å². The number of carbonyl (C=O) groups excluding carboxylic acids is 1. The normalized spacial score (nSPS) is 10.9. The van der Waals surface area contributed by atoms with Gasteiger partial charge < -0.3 is 10.2 Å². The molecule has 4 rings (SSSR count). The molecular weight excluding hydrogens is 371 g/mol. The highest BCUT2D eigenvalue weighted by atomic mass is 19.1. The lowest BCUT2D eigenvalue weighted by atomic mass is 10.2. The van der Waals surface area contributed by atoms with E-state index in [1.54, 1.807) is 67.8 Å². The van der Waals surface area contributed by atoms with Gasteiger partial charge in [0.1, 0.15) is 11.6 Å². The topological polar surface area (TPSA) is 75.9 Å². The summed E-state index contributed by atoms with van der Waals surface area (Å²) in [6, 6.07) is 10.1. The molecule has 3 aromatic heterocycles. The molecular formula is C21H19FN6O. The average molecular weight is 390 g/mol. The van der Waals surface area contributed by atoms with E-state index in [9.17, 15) is 9.18 Å². The number of fused-ring (bicyclic) bond motifs is 1. The molecule has 4 aromatic rings. The Labute approximate surface area is 166 Å². The van der Waals surface area contributed by atoms with Crippen molar-refractivity contribution < 1.29 is 9.18 Å². The molecule has 0 bridgehead atoms. The number of carbonyl (C=O) groups is 1. The van der Waals surface area contributed by atoms with Crippen molar-refractivity contribution in [3.63, 3.8) is 0 Å². The number of hydrogen-bond donors (Lipinski definition) is 1. The molecule has 0 radical (unpaired) electrons. The Bertz CT molecular complexity index is 1190. The van der Waals surface area contributed by atoms with Crippen molar-refractivity contribution in [3.05, 3.63) is 78.1 Å². The van der Waals surface area contributed by atoms with Crippen LogP contribution in [-0.4, -0.2) is 44.7 Å². The zero-order chi connectivity index (χ0) is 20.4. The number of halogens is 1. The maximum Gasteiger partial charge on any atom is 0.255 e. The SMILES string of the molecule is CN(C)C(=O)c1ccncc1Nc1cc2c(cn1)cnn2Cc1ccccc1F. The molecule has 0 aliphatic carbocycles. The van der Waals surface area contributed by atoms with E-state index in [1.165, 1.54) is 11.0 Å². The number of anilines is 2. The van der Waals surface area contributed by atoms with Gasteiger partial charge in [-0.3, -0.25) is 14.5 Å². The van der Waals surface area contributed by atoms with Gasteiger partial charge in [0.25, 0.3) is 5.91 Å². The Hall–Kier alpha value is -3.81. The first-order valence-corrected chi connectivity index (χ1v) is 9.00. The summed E-state index contributed by atoms with van der Waals surface area (Å²) >= 11 is 0. The maximum atomic E-state index is 14.0. The van der Waals surface area contributed by atoms with Gasteiger partial charge in [-0.05, 0) is 12.1 Å². The number of rotatable bonds is 5. The molecule has 0 aliphatic heterocycles. The fraction of sp³-hybridized carbons (Fsp3) is 0.143. The minimum atomic E-state index is -0.272. The zero-order valence-corrected chi connectivity index (χ0v) is 16.0. The summed E-state index contributed by atoms with van der Waals surface area (Å²) in [5, 5.41) is 8.35. The molecule has 0 unspecified atom stereocenters. The number of amides is 1. The average Bonchev–Trinajstić information content (AvgIpc) is 3.12. The third-order valence-electron chi connectivity index (χ3n) is 4.52. The van der Waals surface area contributed by atoms with Crippen molar-refractivity contribution in [2.75, 3.05) is 19.4 Å². The van der Waals surface area contributed by atoms with Crippen LogP contribution in [0.3, 0.4) is 0 Å². The Kier molecular flexibility index (Phi) is 4.90. The summed E-state index contributed by atoms with van der Waals surface area (Å²) in [5.74, 6) is 0.125. The summed E-state index contributed by atoms with van der Waals surface area (Å²) in [6.45, 7) is 0.302. The number of aromatic nitrogens is 4. The highest BCUT2D eigenvalue weighted by molar-refractivity contribution is 5.99. The molecule has 1 amide bonds. The summed E-state index contributed by atoms with van der Waals surface area (Å²) in [6.07, 6.45) is 6.53. The van der Waals surface area contributed by atoms with Crippen molar-refractivity contribution in [1.29, 1.82) is 0 Å². The molecule has 7 nitrogen and oxygen atoms in total. The van der Waals surface area contributed by atoms with Gasteiger partial charge in [0.2, 0.25) is 0 Å². The van der Waals surface area contributed by atoms with Gasteiger partial charge in [0.15, 0.2) is 0 Å². The van der Waals surface area contributed by atoms with E-state index in [1.807, 2.05) is 6.07 Å². The molecule has 0 aliphatic rings. The van der Waals surface area contributed by atoms with Crippen LogP contribution in [-0.2, 0) is 6.54 Å². The van der Waals surface area contributed by atoms with Crippen LogP contribution in [0.1, 0.15) is 15.9 Å². The smallest absolute Gasteiger partial charge is 0.255 e. The van der Waals surface area contributed by atoms with Crippen molar-refractivity contribution in [1.82, 2.24) is 24.6 Å². The molecule has 0 fully saturated rings. The largest absolute Gasteiger partial charge is 0.345 e. The van der Waals surface area contributed by atoms with Crippen LogP contribution in [0.5, 0.6) is 0 Å². The molecule has 8 heteroatoms. The molecule has 1 N–H and O–H groups in total. The molecule has 0 spiro atoms.